The first-order valence-corrected chi connectivity index (χ1v) is 6.85. The van der Waals surface area contributed by atoms with E-state index in [4.69, 9.17) is 5.11 Å². The van der Waals surface area contributed by atoms with Crippen molar-refractivity contribution >= 4 is 5.97 Å². The molecule has 4 heterocycles. The average Bonchev–Trinajstić information content (AvgIpc) is 2.79. The summed E-state index contributed by atoms with van der Waals surface area (Å²) in [6.45, 7) is 4.10. The van der Waals surface area contributed by atoms with Crippen LogP contribution in [0.3, 0.4) is 0 Å². The molecule has 0 amide bonds. The maximum Gasteiger partial charge on any atom is 0.339 e. The Hall–Kier alpha value is -1.40. The molecule has 2 N–H and O–H groups in total. The number of fused-ring (bicyclic) bond motifs is 3. The molecule has 19 heavy (non-hydrogen) atoms. The number of hydrogen-bond acceptors (Lipinski definition) is 4. The summed E-state index contributed by atoms with van der Waals surface area (Å²) >= 11 is 0. The van der Waals surface area contributed by atoms with Crippen molar-refractivity contribution in [1.29, 1.82) is 0 Å². The van der Waals surface area contributed by atoms with Gasteiger partial charge in [-0.05, 0) is 31.8 Å². The van der Waals surface area contributed by atoms with E-state index in [2.05, 4.69) is 15.3 Å². The molecule has 104 valence electrons. The van der Waals surface area contributed by atoms with Crippen molar-refractivity contribution in [2.75, 3.05) is 19.6 Å². The van der Waals surface area contributed by atoms with Crippen LogP contribution >= 0.6 is 0 Å². The fourth-order valence-electron chi connectivity index (χ4n) is 3.28. The molecule has 3 saturated heterocycles. The Labute approximate surface area is 112 Å². The van der Waals surface area contributed by atoms with E-state index in [0.717, 1.165) is 18.2 Å². The zero-order chi connectivity index (χ0) is 13.4. The molecule has 4 rings (SSSR count). The first kappa shape index (κ1) is 12.6. The number of hydrogen-bond donors (Lipinski definition) is 2. The molecule has 0 radical (unpaired) electrons. The summed E-state index contributed by atoms with van der Waals surface area (Å²) in [7, 11) is 1.79. The quantitative estimate of drug-likeness (QED) is 0.818. The van der Waals surface area contributed by atoms with E-state index in [1.54, 1.807) is 11.7 Å². The Bertz CT molecular complexity index is 477. The second-order valence-corrected chi connectivity index (χ2v) is 5.56. The lowest BCUT2D eigenvalue weighted by Gasteiger charge is -2.45. The summed E-state index contributed by atoms with van der Waals surface area (Å²) in [4.78, 5) is 13.6. The van der Waals surface area contributed by atoms with E-state index in [9.17, 15) is 4.79 Å². The predicted octanol–water partition coefficient (Wildman–Crippen LogP) is 0.302. The van der Waals surface area contributed by atoms with E-state index in [-0.39, 0.29) is 0 Å². The van der Waals surface area contributed by atoms with E-state index >= 15 is 0 Å². The fourth-order valence-corrected chi connectivity index (χ4v) is 3.28. The molecule has 3 fully saturated rings. The summed E-state index contributed by atoms with van der Waals surface area (Å²) in [5, 5.41) is 16.7. The van der Waals surface area contributed by atoms with Crippen LogP contribution in [-0.2, 0) is 13.6 Å². The van der Waals surface area contributed by atoms with E-state index in [1.807, 2.05) is 0 Å². The largest absolute Gasteiger partial charge is 0.478 e. The lowest BCUT2D eigenvalue weighted by atomic mass is 9.84. The predicted molar refractivity (Wildman–Crippen MR) is 70.0 cm³/mol. The summed E-state index contributed by atoms with van der Waals surface area (Å²) in [6, 6.07) is 0.485. The average molecular weight is 264 g/mol. The minimum atomic E-state index is -0.904. The van der Waals surface area contributed by atoms with Crippen LogP contribution in [-0.4, -0.2) is 51.4 Å². The van der Waals surface area contributed by atoms with Crippen LogP contribution in [0.2, 0.25) is 0 Å². The van der Waals surface area contributed by atoms with Crippen LogP contribution in [0.1, 0.15) is 28.9 Å². The lowest BCUT2D eigenvalue weighted by Crippen LogP contribution is -2.55. The topological polar surface area (TPSA) is 70.4 Å². The number of nitrogens with zero attached hydrogens (tertiary/aromatic N) is 3. The van der Waals surface area contributed by atoms with Gasteiger partial charge < -0.3 is 15.3 Å². The molecule has 3 aliphatic rings. The number of carboxylic acids is 1. The lowest BCUT2D eigenvalue weighted by molar-refractivity contribution is 0.0685. The summed E-state index contributed by atoms with van der Waals surface area (Å²) < 4.78 is 1.65. The van der Waals surface area contributed by atoms with Gasteiger partial charge in [0.05, 0.1) is 11.9 Å². The van der Waals surface area contributed by atoms with E-state index < -0.39 is 5.97 Å². The van der Waals surface area contributed by atoms with E-state index in [0.29, 0.717) is 18.2 Å². The first-order valence-electron chi connectivity index (χ1n) is 6.85. The van der Waals surface area contributed by atoms with Gasteiger partial charge >= 0.3 is 5.97 Å². The summed E-state index contributed by atoms with van der Waals surface area (Å²) in [6.07, 6.45) is 3.94. The van der Waals surface area contributed by atoms with Gasteiger partial charge in [0.2, 0.25) is 0 Å². The standard InChI is InChI=1S/C13H20N4O2/c1-16-12(10(6-15-16)13(18)19)7-14-11-8-17-4-2-9(11)3-5-17/h6,9,11,14H,2-5,7-8H2,1H3,(H,18,19). The number of carbonyl (C=O) groups is 1. The third kappa shape index (κ3) is 2.37. The minimum absolute atomic E-state index is 0.302. The molecule has 6 heteroatoms. The summed E-state index contributed by atoms with van der Waals surface area (Å²) in [5.41, 5.74) is 1.06. The maximum atomic E-state index is 11.1. The molecule has 0 saturated carbocycles. The number of rotatable bonds is 4. The van der Waals surface area contributed by atoms with Crippen LogP contribution < -0.4 is 5.32 Å². The second-order valence-electron chi connectivity index (χ2n) is 5.56. The normalized spacial score (nSPS) is 29.6. The van der Waals surface area contributed by atoms with Crippen molar-refractivity contribution in [3.05, 3.63) is 17.5 Å². The molecule has 1 aromatic rings. The van der Waals surface area contributed by atoms with E-state index in [1.165, 1.54) is 32.1 Å². The highest BCUT2D eigenvalue weighted by Gasteiger charge is 2.33. The van der Waals surface area contributed by atoms with Crippen molar-refractivity contribution in [3.63, 3.8) is 0 Å². The molecular formula is C13H20N4O2. The van der Waals surface area contributed by atoms with Crippen molar-refractivity contribution in [3.8, 4) is 0 Å². The Morgan fingerprint density at radius 3 is 2.84 bits per heavy atom. The minimum Gasteiger partial charge on any atom is -0.478 e. The maximum absolute atomic E-state index is 11.1. The van der Waals surface area contributed by atoms with Crippen LogP contribution in [0.4, 0.5) is 0 Å². The first-order chi connectivity index (χ1) is 9.15. The monoisotopic (exact) mass is 264 g/mol. The van der Waals surface area contributed by atoms with Gasteiger partial charge in [0.15, 0.2) is 0 Å². The van der Waals surface area contributed by atoms with Gasteiger partial charge in [-0.15, -0.1) is 0 Å². The third-order valence-corrected chi connectivity index (χ3v) is 4.48. The molecule has 3 aliphatic heterocycles. The molecule has 1 atom stereocenters. The zero-order valence-corrected chi connectivity index (χ0v) is 11.2. The Morgan fingerprint density at radius 1 is 1.53 bits per heavy atom. The van der Waals surface area contributed by atoms with Crippen LogP contribution in [0, 0.1) is 5.92 Å². The molecule has 1 aromatic heterocycles. The molecule has 6 nitrogen and oxygen atoms in total. The van der Waals surface area contributed by atoms with Crippen LogP contribution in [0.25, 0.3) is 0 Å². The number of nitrogens with one attached hydrogen (secondary N) is 1. The fraction of sp³-hybridized carbons (Fsp3) is 0.692. The van der Waals surface area contributed by atoms with Crippen molar-refractivity contribution in [2.45, 2.75) is 25.4 Å². The van der Waals surface area contributed by atoms with Gasteiger partial charge in [0.25, 0.3) is 0 Å². The van der Waals surface area contributed by atoms with Gasteiger partial charge in [-0.25, -0.2) is 4.79 Å². The van der Waals surface area contributed by atoms with Gasteiger partial charge in [0.1, 0.15) is 5.56 Å². The SMILES string of the molecule is Cn1ncc(C(=O)O)c1CNC1CN2CCC1CC2. The van der Waals surface area contributed by atoms with Crippen molar-refractivity contribution < 1.29 is 9.90 Å². The number of piperidine rings is 3. The molecule has 0 spiro atoms. The Balaban J connectivity index is 1.66. The molecular weight excluding hydrogens is 244 g/mol. The number of aromatic carboxylic acids is 1. The van der Waals surface area contributed by atoms with Gasteiger partial charge in [0, 0.05) is 26.2 Å². The van der Waals surface area contributed by atoms with Crippen molar-refractivity contribution in [1.82, 2.24) is 20.0 Å². The van der Waals surface area contributed by atoms with Crippen LogP contribution in [0.5, 0.6) is 0 Å². The smallest absolute Gasteiger partial charge is 0.339 e. The molecule has 2 bridgehead atoms. The Morgan fingerprint density at radius 2 is 2.26 bits per heavy atom. The second kappa shape index (κ2) is 4.94. The number of aryl methyl sites for hydroxylation is 1. The van der Waals surface area contributed by atoms with Gasteiger partial charge in [-0.3, -0.25) is 4.68 Å². The molecule has 1 unspecified atom stereocenters. The van der Waals surface area contributed by atoms with Gasteiger partial charge in [-0.2, -0.15) is 5.10 Å². The summed E-state index contributed by atoms with van der Waals surface area (Å²) in [5.74, 6) is -0.162. The van der Waals surface area contributed by atoms with Crippen LogP contribution in [0.15, 0.2) is 6.20 Å². The highest BCUT2D eigenvalue weighted by molar-refractivity contribution is 5.88. The number of carboxylic acid groups (broad SMARTS) is 1. The van der Waals surface area contributed by atoms with Gasteiger partial charge in [-0.1, -0.05) is 0 Å². The highest BCUT2D eigenvalue weighted by atomic mass is 16.4. The Kier molecular flexibility index (Phi) is 3.28. The number of aromatic nitrogens is 2. The zero-order valence-electron chi connectivity index (χ0n) is 11.2. The third-order valence-electron chi connectivity index (χ3n) is 4.48. The molecule has 0 aromatic carbocycles. The highest BCUT2D eigenvalue weighted by Crippen LogP contribution is 2.27. The molecule has 0 aliphatic carbocycles. The van der Waals surface area contributed by atoms with Crippen molar-refractivity contribution in [2.24, 2.45) is 13.0 Å².